The average Bonchev–Trinajstić information content (AvgIpc) is 3.16. The molecule has 4 rings (SSSR count). The van der Waals surface area contributed by atoms with Gasteiger partial charge in [-0.05, 0) is 35.9 Å². The smallest absolute Gasteiger partial charge is 0.341 e. The Bertz CT molecular complexity index is 1330. The van der Waals surface area contributed by atoms with E-state index in [4.69, 9.17) is 26.2 Å². The van der Waals surface area contributed by atoms with Crippen molar-refractivity contribution in [2.75, 3.05) is 13.7 Å². The molecule has 4 aromatic rings. The quantitative estimate of drug-likeness (QED) is 0.537. The van der Waals surface area contributed by atoms with E-state index in [0.717, 1.165) is 11.0 Å². The number of aromatic nitrogens is 2. The summed E-state index contributed by atoms with van der Waals surface area (Å²) in [5.74, 6) is -0.712. The predicted molar refractivity (Wildman–Crippen MR) is 107 cm³/mol. The summed E-state index contributed by atoms with van der Waals surface area (Å²) in [6, 6.07) is 10.7. The zero-order valence-corrected chi connectivity index (χ0v) is 16.1. The first-order valence-corrected chi connectivity index (χ1v) is 9.31. The lowest BCUT2D eigenvalue weighted by Gasteiger charge is -2.11. The van der Waals surface area contributed by atoms with Crippen LogP contribution in [0, 0.1) is 0 Å². The van der Waals surface area contributed by atoms with Gasteiger partial charge in [0.25, 0.3) is 5.56 Å². The molecule has 0 fully saturated rings. The van der Waals surface area contributed by atoms with Gasteiger partial charge in [0, 0.05) is 0 Å². The third-order valence-corrected chi connectivity index (χ3v) is 5.28. The Balaban J connectivity index is 1.82. The van der Waals surface area contributed by atoms with Crippen LogP contribution < -0.4 is 19.6 Å². The van der Waals surface area contributed by atoms with Crippen LogP contribution in [-0.4, -0.2) is 34.2 Å². The van der Waals surface area contributed by atoms with Crippen molar-refractivity contribution in [2.24, 2.45) is 0 Å². The fourth-order valence-electron chi connectivity index (χ4n) is 2.86. The number of aliphatic carboxylic acids is 1. The number of carboxylic acid groups (broad SMARTS) is 1. The van der Waals surface area contributed by atoms with E-state index in [1.807, 2.05) is 24.3 Å². The first kappa shape index (κ1) is 18.3. The number of methoxy groups -OCH3 is 1. The fourth-order valence-corrected chi connectivity index (χ4v) is 4.12. The van der Waals surface area contributed by atoms with Crippen LogP contribution in [0.3, 0.4) is 0 Å². The zero-order chi connectivity index (χ0) is 19.8. The minimum atomic E-state index is -1.13. The number of fused-ring (bicyclic) bond motifs is 3. The molecule has 0 spiro atoms. The first-order chi connectivity index (χ1) is 13.5. The number of rotatable bonds is 5. The molecular weight excluding hydrogens is 404 g/mol. The van der Waals surface area contributed by atoms with Gasteiger partial charge in [0.2, 0.25) is 0 Å². The van der Waals surface area contributed by atoms with E-state index in [-0.39, 0.29) is 22.1 Å². The van der Waals surface area contributed by atoms with Crippen LogP contribution in [0.15, 0.2) is 41.2 Å². The monoisotopic (exact) mass is 416 g/mol. The molecule has 0 bridgehead atoms. The molecule has 2 heterocycles. The van der Waals surface area contributed by atoms with Crippen molar-refractivity contribution in [2.45, 2.75) is 0 Å². The number of carbonyl (C=O) groups is 1. The largest absolute Gasteiger partial charge is 0.493 e. The lowest BCUT2D eigenvalue weighted by Crippen LogP contribution is -2.22. The maximum atomic E-state index is 12.8. The molecule has 0 amide bonds. The number of hydrogen-bond donors (Lipinski definition) is 1. The number of hydrogen-bond acceptors (Lipinski definition) is 6. The maximum absolute atomic E-state index is 12.8. The molecule has 0 saturated heterocycles. The van der Waals surface area contributed by atoms with Crippen LogP contribution >= 0.6 is 22.9 Å². The van der Waals surface area contributed by atoms with Crippen LogP contribution in [0.5, 0.6) is 11.5 Å². The van der Waals surface area contributed by atoms with Gasteiger partial charge in [0.15, 0.2) is 23.1 Å². The van der Waals surface area contributed by atoms with Gasteiger partial charge in [-0.3, -0.25) is 4.79 Å². The molecule has 0 aliphatic rings. The molecule has 7 nitrogen and oxygen atoms in total. The number of halogens is 1. The second-order valence-corrected chi connectivity index (χ2v) is 7.27. The Hall–Kier alpha value is -3.10. The number of ether oxygens (including phenoxy) is 2. The minimum absolute atomic E-state index is 0.137. The molecule has 0 unspecified atom stereocenters. The molecule has 0 aliphatic carbocycles. The SMILES string of the molecule is COc1cc(/C=c2\sc3nc4ccccc4n3c2=O)cc(Cl)c1OCC(=O)O. The molecule has 142 valence electrons. The van der Waals surface area contributed by atoms with E-state index < -0.39 is 12.6 Å². The van der Waals surface area contributed by atoms with Gasteiger partial charge < -0.3 is 14.6 Å². The van der Waals surface area contributed by atoms with Gasteiger partial charge in [-0.15, -0.1) is 0 Å². The molecule has 0 atom stereocenters. The van der Waals surface area contributed by atoms with E-state index in [0.29, 0.717) is 15.1 Å². The van der Waals surface area contributed by atoms with Crippen LogP contribution in [0.1, 0.15) is 5.56 Å². The summed E-state index contributed by atoms with van der Waals surface area (Å²) in [5.41, 5.74) is 1.97. The summed E-state index contributed by atoms with van der Waals surface area (Å²) in [5, 5.41) is 8.96. The Morgan fingerprint density at radius 3 is 2.89 bits per heavy atom. The Kier molecular flexibility index (Phi) is 4.66. The molecule has 28 heavy (non-hydrogen) atoms. The predicted octanol–water partition coefficient (Wildman–Crippen LogP) is 2.58. The summed E-state index contributed by atoms with van der Waals surface area (Å²) in [6.07, 6.45) is 1.69. The lowest BCUT2D eigenvalue weighted by atomic mass is 10.2. The normalized spacial score (nSPS) is 12.0. The van der Waals surface area contributed by atoms with Gasteiger partial charge in [-0.25, -0.2) is 14.2 Å². The van der Waals surface area contributed by atoms with Crippen molar-refractivity contribution in [3.63, 3.8) is 0 Å². The Labute approximate surface area is 167 Å². The summed E-state index contributed by atoms with van der Waals surface area (Å²) in [6.45, 7) is -0.543. The summed E-state index contributed by atoms with van der Waals surface area (Å²) in [7, 11) is 1.42. The van der Waals surface area contributed by atoms with E-state index in [1.54, 1.807) is 22.6 Å². The van der Waals surface area contributed by atoms with E-state index >= 15 is 0 Å². The van der Waals surface area contributed by atoms with Gasteiger partial charge in [0.1, 0.15) is 0 Å². The van der Waals surface area contributed by atoms with E-state index in [1.165, 1.54) is 18.4 Å². The van der Waals surface area contributed by atoms with Crippen molar-refractivity contribution in [3.05, 3.63) is 61.9 Å². The topological polar surface area (TPSA) is 90.1 Å². The molecule has 2 aromatic carbocycles. The molecule has 0 radical (unpaired) electrons. The number of nitrogens with zero attached hydrogens (tertiary/aromatic N) is 2. The van der Waals surface area contributed by atoms with Gasteiger partial charge in [-0.2, -0.15) is 0 Å². The highest BCUT2D eigenvalue weighted by atomic mass is 35.5. The van der Waals surface area contributed by atoms with Crippen molar-refractivity contribution in [1.82, 2.24) is 9.38 Å². The molecule has 0 aliphatic heterocycles. The maximum Gasteiger partial charge on any atom is 0.341 e. The van der Waals surface area contributed by atoms with Crippen LogP contribution in [0.4, 0.5) is 0 Å². The zero-order valence-electron chi connectivity index (χ0n) is 14.5. The second kappa shape index (κ2) is 7.14. The number of benzene rings is 2. The molecule has 2 aromatic heterocycles. The van der Waals surface area contributed by atoms with Gasteiger partial charge in [-0.1, -0.05) is 35.1 Å². The lowest BCUT2D eigenvalue weighted by molar-refractivity contribution is -0.139. The van der Waals surface area contributed by atoms with Crippen LogP contribution in [0.25, 0.3) is 22.1 Å². The first-order valence-electron chi connectivity index (χ1n) is 8.12. The Morgan fingerprint density at radius 1 is 1.36 bits per heavy atom. The summed E-state index contributed by atoms with van der Waals surface area (Å²) < 4.78 is 12.5. The van der Waals surface area contributed by atoms with Crippen LogP contribution in [0.2, 0.25) is 5.02 Å². The molecule has 0 saturated carbocycles. The third-order valence-electron chi connectivity index (χ3n) is 4.03. The number of para-hydroxylation sites is 2. The van der Waals surface area contributed by atoms with Crippen LogP contribution in [-0.2, 0) is 4.79 Å². The Morgan fingerprint density at radius 2 is 2.14 bits per heavy atom. The molecule has 9 heteroatoms. The molecule has 1 N–H and O–H groups in total. The highest BCUT2D eigenvalue weighted by Gasteiger charge is 2.14. The molecular formula is C19H13ClN2O5S. The standard InChI is InChI=1S/C19H13ClN2O5S/c1-26-14-7-10(6-11(20)17(14)27-9-16(23)24)8-15-18(25)22-13-5-3-2-4-12(13)21-19(22)28-15/h2-8H,9H2,1H3,(H,23,24)/b15-8-. The van der Waals surface area contributed by atoms with Gasteiger partial charge >= 0.3 is 5.97 Å². The number of imidazole rings is 1. The van der Waals surface area contributed by atoms with Crippen molar-refractivity contribution >= 4 is 51.0 Å². The summed E-state index contributed by atoms with van der Waals surface area (Å²) >= 11 is 7.50. The minimum Gasteiger partial charge on any atom is -0.493 e. The second-order valence-electron chi connectivity index (χ2n) is 5.85. The fraction of sp³-hybridized carbons (Fsp3) is 0.105. The van der Waals surface area contributed by atoms with Crippen molar-refractivity contribution in [1.29, 1.82) is 0 Å². The average molecular weight is 417 g/mol. The number of thiazole rings is 1. The van der Waals surface area contributed by atoms with E-state index in [9.17, 15) is 9.59 Å². The van der Waals surface area contributed by atoms with E-state index in [2.05, 4.69) is 4.98 Å². The van der Waals surface area contributed by atoms with Crippen molar-refractivity contribution in [3.8, 4) is 11.5 Å². The highest BCUT2D eigenvalue weighted by molar-refractivity contribution is 7.15. The summed E-state index contributed by atoms with van der Waals surface area (Å²) in [4.78, 5) is 28.7. The third kappa shape index (κ3) is 3.17. The van der Waals surface area contributed by atoms with Gasteiger partial charge in [0.05, 0.1) is 27.7 Å². The highest BCUT2D eigenvalue weighted by Crippen LogP contribution is 2.36. The van der Waals surface area contributed by atoms with Crippen molar-refractivity contribution < 1.29 is 19.4 Å². The number of carboxylic acids is 1.